The molecule has 0 radical (unpaired) electrons. The summed E-state index contributed by atoms with van der Waals surface area (Å²) in [5.74, 6) is 0. The largest absolute Gasteiger partial charge is 0.256 e. The molecule has 0 saturated heterocycles. The van der Waals surface area contributed by atoms with Gasteiger partial charge >= 0.3 is 0 Å². The van der Waals surface area contributed by atoms with Crippen LogP contribution in [-0.2, 0) is 40.1 Å². The minimum Gasteiger partial charge on any atom is -0.206 e. The summed E-state index contributed by atoms with van der Waals surface area (Å²) in [4.78, 5) is -1.34. The molecule has 0 bridgehead atoms. The molecule has 2 atom stereocenters. The van der Waals surface area contributed by atoms with Crippen LogP contribution in [-0.4, -0.2) is 53.2 Å². The molecular formula is C33H36N2O8S4. The highest BCUT2D eigenvalue weighted by molar-refractivity contribution is 8.04. The van der Waals surface area contributed by atoms with Crippen LogP contribution in [0.4, 0.5) is 0 Å². The smallest absolute Gasteiger partial charge is 0.206 e. The molecule has 0 unspecified atom stereocenters. The van der Waals surface area contributed by atoms with Gasteiger partial charge in [0, 0.05) is 0 Å². The van der Waals surface area contributed by atoms with Gasteiger partial charge in [-0.1, -0.05) is 84.6 Å². The molecule has 0 aromatic heterocycles. The van der Waals surface area contributed by atoms with Crippen molar-refractivity contribution >= 4 is 40.1 Å². The number of rotatable bonds is 10. The van der Waals surface area contributed by atoms with E-state index in [1.165, 1.54) is 97.1 Å². The minimum atomic E-state index is -4.89. The summed E-state index contributed by atoms with van der Waals surface area (Å²) in [7, 11) is -19.5. The summed E-state index contributed by atoms with van der Waals surface area (Å²) in [6, 6.07) is 19.1. The Balaban J connectivity index is 1.77. The molecule has 10 nitrogen and oxygen atoms in total. The predicted octanol–water partition coefficient (Wildman–Crippen LogP) is 5.30. The summed E-state index contributed by atoms with van der Waals surface area (Å²) >= 11 is 0. The lowest BCUT2D eigenvalue weighted by Crippen LogP contribution is -2.55. The third kappa shape index (κ3) is 6.67. The maximum Gasteiger partial charge on any atom is 0.256 e. The topological polar surface area (TPSA) is 143 Å². The van der Waals surface area contributed by atoms with Crippen LogP contribution in [0.15, 0.2) is 117 Å². The lowest BCUT2D eigenvalue weighted by atomic mass is 10.2. The quantitative estimate of drug-likeness (QED) is 0.215. The first-order valence-electron chi connectivity index (χ1n) is 14.8. The summed E-state index contributed by atoms with van der Waals surface area (Å²) < 4.78 is 116. The number of hydrogen-bond donors (Lipinski definition) is 0. The summed E-state index contributed by atoms with van der Waals surface area (Å²) in [6.45, 7) is 6.98. The standard InChI is InChI=1S/C33H36N2O8S4/c1-24-8-16-28(17-9-24)44(36,37)34(45(38,39)29-18-10-25(2)11-19-29)32-6-5-7-33(32)35(46(40,41)30-20-12-26(3)13-21-30)47(42,43)31-22-14-27(4)15-23-31/h8-23,32-33H,5-7H2,1-4H3/t32-,33-/m0/s1. The third-order valence-electron chi connectivity index (χ3n) is 8.21. The van der Waals surface area contributed by atoms with Gasteiger partial charge in [-0.3, -0.25) is 0 Å². The minimum absolute atomic E-state index is 0.121. The Bertz CT molecular complexity index is 1890. The van der Waals surface area contributed by atoms with Gasteiger partial charge in [-0.15, -0.1) is 0 Å². The first kappa shape index (κ1) is 34.9. The predicted molar refractivity (Wildman–Crippen MR) is 179 cm³/mol. The van der Waals surface area contributed by atoms with Crippen molar-refractivity contribution in [3.05, 3.63) is 119 Å². The Labute approximate surface area is 277 Å². The fourth-order valence-corrected chi connectivity index (χ4v) is 13.9. The fourth-order valence-electron chi connectivity index (χ4n) is 5.64. The zero-order valence-corrected chi connectivity index (χ0v) is 29.6. The molecule has 1 saturated carbocycles. The van der Waals surface area contributed by atoms with Crippen molar-refractivity contribution in [3.63, 3.8) is 0 Å². The fraction of sp³-hybridized carbons (Fsp3) is 0.273. The van der Waals surface area contributed by atoms with E-state index >= 15 is 0 Å². The SMILES string of the molecule is Cc1ccc(S(=O)(=O)N([C@H]2CCC[C@@H]2N(S(=O)(=O)c2ccc(C)cc2)S(=O)(=O)c2ccc(C)cc2)S(=O)(=O)c2ccc(C)cc2)cc1. The number of benzene rings is 4. The number of sulfonamides is 4. The monoisotopic (exact) mass is 716 g/mol. The lowest BCUT2D eigenvalue weighted by Gasteiger charge is -2.36. The van der Waals surface area contributed by atoms with Gasteiger partial charge in [0.05, 0.1) is 31.7 Å². The molecule has 1 fully saturated rings. The van der Waals surface area contributed by atoms with Gasteiger partial charge in [0.15, 0.2) is 0 Å². The molecule has 4 aromatic rings. The van der Waals surface area contributed by atoms with Crippen LogP contribution >= 0.6 is 0 Å². The van der Waals surface area contributed by atoms with Crippen LogP contribution in [0.3, 0.4) is 0 Å². The van der Waals surface area contributed by atoms with E-state index in [1.807, 2.05) is 0 Å². The molecule has 0 spiro atoms. The van der Waals surface area contributed by atoms with E-state index in [0.29, 0.717) is 7.42 Å². The van der Waals surface area contributed by atoms with Crippen molar-refractivity contribution in [1.29, 1.82) is 0 Å². The van der Waals surface area contributed by atoms with Crippen LogP contribution in [0.5, 0.6) is 0 Å². The van der Waals surface area contributed by atoms with E-state index in [0.717, 1.165) is 22.3 Å². The average molecular weight is 717 g/mol. The van der Waals surface area contributed by atoms with E-state index < -0.39 is 52.2 Å². The third-order valence-corrected chi connectivity index (χ3v) is 17.0. The average Bonchev–Trinajstić information content (AvgIpc) is 3.45. The first-order valence-corrected chi connectivity index (χ1v) is 20.6. The first-order chi connectivity index (χ1) is 22.0. The van der Waals surface area contributed by atoms with E-state index in [-0.39, 0.29) is 38.8 Å². The van der Waals surface area contributed by atoms with Gasteiger partial charge in [0.2, 0.25) is 0 Å². The summed E-state index contributed by atoms with van der Waals surface area (Å²) in [5, 5.41) is 0. The van der Waals surface area contributed by atoms with Crippen molar-refractivity contribution < 1.29 is 33.7 Å². The molecule has 0 heterocycles. The van der Waals surface area contributed by atoms with Crippen LogP contribution < -0.4 is 0 Å². The van der Waals surface area contributed by atoms with Crippen LogP contribution in [0.25, 0.3) is 0 Å². The highest BCUT2D eigenvalue weighted by Crippen LogP contribution is 2.41. The Hall–Kier alpha value is -3.40. The molecule has 14 heteroatoms. The number of nitrogens with zero attached hydrogens (tertiary/aromatic N) is 2. The molecule has 1 aliphatic rings. The molecule has 250 valence electrons. The van der Waals surface area contributed by atoms with E-state index in [1.54, 1.807) is 27.7 Å². The van der Waals surface area contributed by atoms with Crippen molar-refractivity contribution in [1.82, 2.24) is 7.42 Å². The second-order valence-electron chi connectivity index (χ2n) is 11.8. The van der Waals surface area contributed by atoms with Gasteiger partial charge in [0.25, 0.3) is 40.1 Å². The van der Waals surface area contributed by atoms with Crippen LogP contribution in [0.2, 0.25) is 0 Å². The zero-order chi connectivity index (χ0) is 34.4. The molecule has 47 heavy (non-hydrogen) atoms. The van der Waals surface area contributed by atoms with Crippen LogP contribution in [0.1, 0.15) is 41.5 Å². The van der Waals surface area contributed by atoms with Crippen molar-refractivity contribution in [3.8, 4) is 0 Å². The lowest BCUT2D eigenvalue weighted by molar-refractivity contribution is 0.323. The van der Waals surface area contributed by atoms with Crippen molar-refractivity contribution in [2.24, 2.45) is 0 Å². The van der Waals surface area contributed by atoms with Crippen molar-refractivity contribution in [2.75, 3.05) is 0 Å². The molecule has 0 N–H and O–H groups in total. The number of hydrogen-bond acceptors (Lipinski definition) is 8. The highest BCUT2D eigenvalue weighted by Gasteiger charge is 2.54. The van der Waals surface area contributed by atoms with Crippen molar-refractivity contribution in [2.45, 2.75) is 78.6 Å². The number of aryl methyl sites for hydroxylation is 4. The molecule has 0 amide bonds. The molecule has 0 aliphatic heterocycles. The maximum atomic E-state index is 14.4. The summed E-state index contributed by atoms with van der Waals surface area (Å²) in [6.07, 6.45) is -0.0869. The second-order valence-corrected chi connectivity index (χ2v) is 19.5. The Kier molecular flexibility index (Phi) is 9.58. The molecular weight excluding hydrogens is 681 g/mol. The summed E-state index contributed by atoms with van der Waals surface area (Å²) in [5.41, 5.74) is 2.93. The van der Waals surface area contributed by atoms with Gasteiger partial charge in [-0.05, 0) is 89.1 Å². The highest BCUT2D eigenvalue weighted by atomic mass is 32.3. The second kappa shape index (κ2) is 12.9. The van der Waals surface area contributed by atoms with Gasteiger partial charge in [0.1, 0.15) is 0 Å². The maximum absolute atomic E-state index is 14.4. The normalized spacial score (nSPS) is 17.7. The van der Waals surface area contributed by atoms with E-state index in [2.05, 4.69) is 0 Å². The van der Waals surface area contributed by atoms with Gasteiger partial charge in [-0.25, -0.2) is 33.7 Å². The molecule has 1 aliphatic carbocycles. The Morgan fingerprint density at radius 1 is 0.383 bits per heavy atom. The Morgan fingerprint density at radius 3 is 0.766 bits per heavy atom. The molecule has 4 aromatic carbocycles. The molecule has 5 rings (SSSR count). The van der Waals surface area contributed by atoms with Gasteiger partial charge in [-0.2, -0.15) is 0 Å². The van der Waals surface area contributed by atoms with Gasteiger partial charge < -0.3 is 0 Å². The van der Waals surface area contributed by atoms with Crippen LogP contribution in [0, 0.1) is 27.7 Å². The van der Waals surface area contributed by atoms with E-state index in [9.17, 15) is 33.7 Å². The Morgan fingerprint density at radius 2 is 0.574 bits per heavy atom. The zero-order valence-electron chi connectivity index (χ0n) is 26.3. The van der Waals surface area contributed by atoms with E-state index in [4.69, 9.17) is 0 Å².